The van der Waals surface area contributed by atoms with Gasteiger partial charge in [0.1, 0.15) is 0 Å². The number of oxazole rings is 1. The number of fused-ring (bicyclic) bond motifs is 1. The third kappa shape index (κ3) is 2.32. The van der Waals surface area contributed by atoms with Crippen molar-refractivity contribution in [1.82, 2.24) is 9.88 Å². The lowest BCUT2D eigenvalue weighted by atomic mass is 9.55. The van der Waals surface area contributed by atoms with E-state index in [1.807, 2.05) is 18.0 Å². The Bertz CT molecular complexity index is 823. The number of nitrogens with one attached hydrogen (secondary N) is 1. The van der Waals surface area contributed by atoms with Crippen molar-refractivity contribution >= 4 is 29.2 Å². The first-order valence-corrected chi connectivity index (χ1v) is 8.05. The highest BCUT2D eigenvalue weighted by Gasteiger charge is 2.59. The maximum absolute atomic E-state index is 12.8. The Labute approximate surface area is 140 Å². The second-order valence-electron chi connectivity index (χ2n) is 7.02. The number of aromatic nitrogens is 1. The quantitative estimate of drug-likeness (QED) is 0.868. The molecule has 1 aromatic heterocycles. The summed E-state index contributed by atoms with van der Waals surface area (Å²) in [5, 5.41) is 0. The van der Waals surface area contributed by atoms with Gasteiger partial charge in [0.15, 0.2) is 5.58 Å². The molecule has 2 atom stereocenters. The Balaban J connectivity index is 1.86. The van der Waals surface area contributed by atoms with E-state index in [0.29, 0.717) is 16.0 Å². The summed E-state index contributed by atoms with van der Waals surface area (Å²) >= 11 is 4.98. The molecule has 1 aliphatic rings. The average Bonchev–Trinajstić information content (AvgIpc) is 2.89. The lowest BCUT2D eigenvalue weighted by Gasteiger charge is -2.61. The van der Waals surface area contributed by atoms with E-state index < -0.39 is 0 Å². The van der Waals surface area contributed by atoms with Gasteiger partial charge in [-0.25, -0.2) is 0 Å². The Kier molecular flexibility index (Phi) is 3.65. The van der Waals surface area contributed by atoms with Gasteiger partial charge in [-0.05, 0) is 43.8 Å². The molecule has 1 saturated carbocycles. The second-order valence-corrected chi connectivity index (χ2v) is 7.39. The van der Waals surface area contributed by atoms with E-state index >= 15 is 0 Å². The number of ether oxygens (including phenoxy) is 1. The Morgan fingerprint density at radius 3 is 2.74 bits per heavy atom. The van der Waals surface area contributed by atoms with Crippen molar-refractivity contribution in [2.24, 2.45) is 5.41 Å². The molecule has 0 bridgehead atoms. The number of H-pyrrole nitrogens is 1. The first kappa shape index (κ1) is 16.2. The third-order valence-corrected chi connectivity index (χ3v) is 5.87. The molecule has 124 valence electrons. The molecule has 1 aliphatic carbocycles. The average molecular weight is 334 g/mol. The Morgan fingerprint density at radius 2 is 2.13 bits per heavy atom. The van der Waals surface area contributed by atoms with Crippen LogP contribution in [-0.4, -0.2) is 41.6 Å². The molecule has 23 heavy (non-hydrogen) atoms. The predicted octanol–water partition coefficient (Wildman–Crippen LogP) is 3.77. The number of hydrogen-bond donors (Lipinski definition) is 1. The number of rotatable bonds is 3. The fourth-order valence-electron chi connectivity index (χ4n) is 3.50. The van der Waals surface area contributed by atoms with E-state index in [1.165, 1.54) is 0 Å². The van der Waals surface area contributed by atoms with Crippen LogP contribution in [0.2, 0.25) is 0 Å². The smallest absolute Gasteiger partial charge is 0.266 e. The number of aromatic amines is 1. The van der Waals surface area contributed by atoms with E-state index in [0.717, 1.165) is 11.9 Å². The molecule has 1 aromatic carbocycles. The van der Waals surface area contributed by atoms with E-state index in [9.17, 15) is 4.79 Å². The summed E-state index contributed by atoms with van der Waals surface area (Å²) in [6.45, 7) is 6.38. The molecule has 0 spiro atoms. The molecule has 6 heteroatoms. The molecule has 0 unspecified atom stereocenters. The van der Waals surface area contributed by atoms with Gasteiger partial charge in [0, 0.05) is 31.2 Å². The molecule has 0 radical (unpaired) electrons. The zero-order valence-electron chi connectivity index (χ0n) is 14.1. The molecule has 0 saturated heterocycles. The topological polar surface area (TPSA) is 58.5 Å². The second kappa shape index (κ2) is 5.18. The zero-order valence-corrected chi connectivity index (χ0v) is 14.9. The van der Waals surface area contributed by atoms with Crippen LogP contribution < -0.4 is 0 Å². The maximum Gasteiger partial charge on any atom is 0.266 e. The summed E-state index contributed by atoms with van der Waals surface area (Å²) in [6, 6.07) is 5.49. The van der Waals surface area contributed by atoms with Crippen molar-refractivity contribution in [2.45, 2.75) is 38.8 Å². The van der Waals surface area contributed by atoms with E-state index in [4.69, 9.17) is 21.4 Å². The van der Waals surface area contributed by atoms with Crippen molar-refractivity contribution in [2.75, 3.05) is 14.2 Å². The molecule has 1 heterocycles. The fourth-order valence-corrected chi connectivity index (χ4v) is 3.70. The van der Waals surface area contributed by atoms with Crippen LogP contribution in [0.1, 0.15) is 37.6 Å². The number of carbonyl (C=O) groups excluding carboxylic acids is 1. The van der Waals surface area contributed by atoms with E-state index in [1.54, 1.807) is 19.2 Å². The summed E-state index contributed by atoms with van der Waals surface area (Å²) in [5.41, 5.74) is 1.68. The number of amides is 1. The molecule has 1 amide bonds. The van der Waals surface area contributed by atoms with E-state index in [2.05, 4.69) is 25.8 Å². The van der Waals surface area contributed by atoms with Crippen molar-refractivity contribution in [3.63, 3.8) is 0 Å². The van der Waals surface area contributed by atoms with Crippen molar-refractivity contribution in [3.05, 3.63) is 28.6 Å². The Hall–Kier alpha value is -1.66. The van der Waals surface area contributed by atoms with Crippen molar-refractivity contribution in [3.8, 4) is 0 Å². The van der Waals surface area contributed by atoms with Crippen LogP contribution in [0.3, 0.4) is 0 Å². The van der Waals surface area contributed by atoms with Gasteiger partial charge in [-0.2, -0.15) is 0 Å². The summed E-state index contributed by atoms with van der Waals surface area (Å²) in [6.07, 6.45) is 0.825. The van der Waals surface area contributed by atoms with Gasteiger partial charge < -0.3 is 19.0 Å². The zero-order chi connectivity index (χ0) is 17.0. The van der Waals surface area contributed by atoms with Crippen LogP contribution in [-0.2, 0) is 4.74 Å². The summed E-state index contributed by atoms with van der Waals surface area (Å²) in [4.78, 5) is 17.9. The van der Waals surface area contributed by atoms with Crippen molar-refractivity contribution < 1.29 is 13.9 Å². The largest absolute Gasteiger partial charge is 0.429 e. The summed E-state index contributed by atoms with van der Waals surface area (Å²) in [5.74, 6) is -0.0227. The van der Waals surface area contributed by atoms with Crippen molar-refractivity contribution in [1.29, 1.82) is 0 Å². The van der Waals surface area contributed by atoms with Crippen LogP contribution in [0.4, 0.5) is 0 Å². The molecule has 1 N–H and O–H groups in total. The monoisotopic (exact) mass is 334 g/mol. The molecule has 5 nitrogen and oxygen atoms in total. The third-order valence-electron chi connectivity index (χ3n) is 5.69. The number of benzene rings is 1. The van der Waals surface area contributed by atoms with Gasteiger partial charge >= 0.3 is 0 Å². The highest BCUT2D eigenvalue weighted by molar-refractivity contribution is 7.71. The number of carbonyl (C=O) groups is 1. The molecule has 3 rings (SSSR count). The minimum Gasteiger partial charge on any atom is -0.429 e. The maximum atomic E-state index is 12.8. The first-order chi connectivity index (χ1) is 10.7. The normalized spacial score (nSPS) is 26.0. The number of hydrogen-bond acceptors (Lipinski definition) is 4. The standard InChI is InChI=1S/C17H22N2O3S/c1-16(2)13(9-17(16,3)21-5)19(4)14(20)10-6-7-11-12(8-10)22-15(23)18-11/h6-8,13H,9H2,1-5H3,(H,18,23)/t13-,17-/m1/s1. The van der Waals surface area contributed by atoms with Crippen LogP contribution in [0, 0.1) is 10.3 Å². The lowest BCUT2D eigenvalue weighted by molar-refractivity contribution is -0.198. The highest BCUT2D eigenvalue weighted by Crippen LogP contribution is 2.53. The van der Waals surface area contributed by atoms with Gasteiger partial charge in [0.05, 0.1) is 11.1 Å². The van der Waals surface area contributed by atoms with Gasteiger partial charge in [-0.1, -0.05) is 13.8 Å². The Morgan fingerprint density at radius 1 is 1.43 bits per heavy atom. The van der Waals surface area contributed by atoms with Gasteiger partial charge in [0.25, 0.3) is 10.7 Å². The predicted molar refractivity (Wildman–Crippen MR) is 91.1 cm³/mol. The van der Waals surface area contributed by atoms with Gasteiger partial charge in [-0.15, -0.1) is 0 Å². The van der Waals surface area contributed by atoms with Gasteiger partial charge in [0.2, 0.25) is 0 Å². The first-order valence-electron chi connectivity index (χ1n) is 7.65. The summed E-state index contributed by atoms with van der Waals surface area (Å²) in [7, 11) is 3.58. The SMILES string of the molecule is CO[C@]1(C)C[C@@H](N(C)C(=O)c2ccc3[nH]c(=S)oc3c2)C1(C)C. The minimum atomic E-state index is -0.205. The number of methoxy groups -OCH3 is 1. The molecular weight excluding hydrogens is 312 g/mol. The molecule has 2 aromatic rings. The van der Waals surface area contributed by atoms with Crippen LogP contribution in [0.25, 0.3) is 11.1 Å². The number of nitrogens with zero attached hydrogens (tertiary/aromatic N) is 1. The lowest BCUT2D eigenvalue weighted by Crippen LogP contribution is -2.68. The van der Waals surface area contributed by atoms with Crippen LogP contribution in [0.15, 0.2) is 22.6 Å². The fraction of sp³-hybridized carbons (Fsp3) is 0.529. The van der Waals surface area contributed by atoms with Crippen LogP contribution in [0.5, 0.6) is 0 Å². The summed E-state index contributed by atoms with van der Waals surface area (Å²) < 4.78 is 11.0. The van der Waals surface area contributed by atoms with E-state index in [-0.39, 0.29) is 23.0 Å². The minimum absolute atomic E-state index is 0.0227. The van der Waals surface area contributed by atoms with Crippen LogP contribution >= 0.6 is 12.2 Å². The molecule has 0 aliphatic heterocycles. The highest BCUT2D eigenvalue weighted by atomic mass is 32.1. The van der Waals surface area contributed by atoms with Gasteiger partial charge in [-0.3, -0.25) is 4.79 Å². The molecular formula is C17H22N2O3S. The molecule has 1 fully saturated rings.